The summed E-state index contributed by atoms with van der Waals surface area (Å²) in [6, 6.07) is 10.3. The van der Waals surface area contributed by atoms with E-state index in [2.05, 4.69) is 4.74 Å². The van der Waals surface area contributed by atoms with Gasteiger partial charge in [0.15, 0.2) is 0 Å². The number of hydrogen-bond acceptors (Lipinski definition) is 4. The Labute approximate surface area is 146 Å². The molecule has 0 bridgehead atoms. The van der Waals surface area contributed by atoms with Crippen LogP contribution in [0.25, 0.3) is 0 Å². The summed E-state index contributed by atoms with van der Waals surface area (Å²) in [7, 11) is 0. The molecule has 0 aliphatic rings. The molecule has 0 saturated heterocycles. The maximum absolute atomic E-state index is 12.3. The van der Waals surface area contributed by atoms with Gasteiger partial charge in [0.1, 0.15) is 11.5 Å². The number of carbonyl (C=O) groups is 2. The lowest BCUT2D eigenvalue weighted by molar-refractivity contribution is -0.0498. The Bertz CT molecular complexity index is 760. The van der Waals surface area contributed by atoms with E-state index < -0.39 is 31.0 Å². The van der Waals surface area contributed by atoms with Crippen molar-refractivity contribution in [1.29, 1.82) is 0 Å². The summed E-state index contributed by atoms with van der Waals surface area (Å²) in [5.74, 6) is -1.64. The molecule has 138 valence electrons. The van der Waals surface area contributed by atoms with Crippen LogP contribution in [0.5, 0.6) is 11.5 Å². The Kier molecular flexibility index (Phi) is 6.71. The molecule has 0 atom stereocenters. The summed E-state index contributed by atoms with van der Waals surface area (Å²) < 4.78 is 57.7. The van der Waals surface area contributed by atoms with Gasteiger partial charge in [-0.2, -0.15) is 8.78 Å². The van der Waals surface area contributed by atoms with Crippen LogP contribution in [-0.4, -0.2) is 31.2 Å². The van der Waals surface area contributed by atoms with Crippen molar-refractivity contribution in [2.24, 2.45) is 0 Å². The zero-order chi connectivity index (χ0) is 19.1. The predicted molar refractivity (Wildman–Crippen MR) is 84.3 cm³/mol. The number of carbonyl (C=O) groups excluding carboxylic acids is 2. The van der Waals surface area contributed by atoms with Crippen LogP contribution in [0.1, 0.15) is 27.1 Å². The van der Waals surface area contributed by atoms with Gasteiger partial charge in [-0.3, -0.25) is 9.59 Å². The first-order valence-corrected chi connectivity index (χ1v) is 7.51. The van der Waals surface area contributed by atoms with Gasteiger partial charge < -0.3 is 9.47 Å². The van der Waals surface area contributed by atoms with Crippen LogP contribution in [0.3, 0.4) is 0 Å². The Morgan fingerprint density at radius 2 is 1.50 bits per heavy atom. The largest absolute Gasteiger partial charge is 0.493 e. The highest BCUT2D eigenvalue weighted by atomic mass is 19.3. The van der Waals surface area contributed by atoms with Gasteiger partial charge in [-0.1, -0.05) is 12.1 Å². The van der Waals surface area contributed by atoms with E-state index in [0.717, 1.165) is 12.1 Å². The Morgan fingerprint density at radius 1 is 0.846 bits per heavy atom. The molecule has 0 unspecified atom stereocenters. The summed E-state index contributed by atoms with van der Waals surface area (Å²) in [5, 5.41) is 0. The van der Waals surface area contributed by atoms with Crippen molar-refractivity contribution in [3.05, 3.63) is 59.7 Å². The Morgan fingerprint density at radius 3 is 2.12 bits per heavy atom. The normalized spacial score (nSPS) is 10.8. The second-order valence-corrected chi connectivity index (χ2v) is 5.12. The van der Waals surface area contributed by atoms with Gasteiger partial charge in [0.05, 0.1) is 6.61 Å². The molecular formula is C18H14F4O4. The van der Waals surface area contributed by atoms with Gasteiger partial charge in [0.25, 0.3) is 0 Å². The third-order valence-corrected chi connectivity index (χ3v) is 3.25. The van der Waals surface area contributed by atoms with Gasteiger partial charge in [-0.05, 0) is 36.4 Å². The standard InChI is InChI=1S/C18H14F4O4/c19-15(20)8-9-25-14-3-1-2-12(10-14)17(24)16(23)11-4-6-13(7-5-11)26-18(21)22/h1-7,10,15,18H,8-9H2. The number of Topliss-reactive ketones (excluding diaryl/α,β-unsaturated/α-hetero) is 2. The van der Waals surface area contributed by atoms with Gasteiger partial charge in [-0.15, -0.1) is 0 Å². The van der Waals surface area contributed by atoms with Crippen molar-refractivity contribution in [1.82, 2.24) is 0 Å². The fourth-order valence-electron chi connectivity index (χ4n) is 2.04. The first-order valence-electron chi connectivity index (χ1n) is 7.51. The Balaban J connectivity index is 2.06. The molecule has 4 nitrogen and oxygen atoms in total. The molecule has 8 heteroatoms. The summed E-state index contributed by atoms with van der Waals surface area (Å²) in [5.41, 5.74) is 0.0260. The molecule has 0 aliphatic carbocycles. The first kappa shape index (κ1) is 19.4. The van der Waals surface area contributed by atoms with E-state index >= 15 is 0 Å². The van der Waals surface area contributed by atoms with Crippen LogP contribution < -0.4 is 9.47 Å². The number of rotatable bonds is 9. The minimum Gasteiger partial charge on any atom is -0.493 e. The quantitative estimate of drug-likeness (QED) is 0.373. The van der Waals surface area contributed by atoms with Gasteiger partial charge in [0.2, 0.25) is 18.0 Å². The molecule has 26 heavy (non-hydrogen) atoms. The van der Waals surface area contributed by atoms with E-state index in [0.29, 0.717) is 0 Å². The molecule has 0 saturated carbocycles. The van der Waals surface area contributed by atoms with Gasteiger partial charge in [-0.25, -0.2) is 8.78 Å². The van der Waals surface area contributed by atoms with E-state index in [4.69, 9.17) is 4.74 Å². The predicted octanol–water partition coefficient (Wildman–Crippen LogP) is 4.39. The monoisotopic (exact) mass is 370 g/mol. The smallest absolute Gasteiger partial charge is 0.387 e. The maximum atomic E-state index is 12.3. The van der Waals surface area contributed by atoms with Crippen LogP contribution in [-0.2, 0) is 0 Å². The van der Waals surface area contributed by atoms with Crippen molar-refractivity contribution in [2.75, 3.05) is 6.61 Å². The lowest BCUT2D eigenvalue weighted by Crippen LogP contribution is -2.14. The third-order valence-electron chi connectivity index (χ3n) is 3.25. The van der Waals surface area contributed by atoms with Gasteiger partial charge >= 0.3 is 6.61 Å². The maximum Gasteiger partial charge on any atom is 0.387 e. The highest BCUT2D eigenvalue weighted by Gasteiger charge is 2.19. The van der Waals surface area contributed by atoms with Crippen LogP contribution >= 0.6 is 0 Å². The number of benzene rings is 2. The molecule has 2 aromatic carbocycles. The number of ether oxygens (including phenoxy) is 2. The second-order valence-electron chi connectivity index (χ2n) is 5.12. The van der Waals surface area contributed by atoms with Crippen LogP contribution in [0.15, 0.2) is 48.5 Å². The molecule has 0 heterocycles. The van der Waals surface area contributed by atoms with E-state index in [9.17, 15) is 27.2 Å². The minimum atomic E-state index is -2.99. The molecule has 0 aliphatic heterocycles. The highest BCUT2D eigenvalue weighted by Crippen LogP contribution is 2.19. The molecule has 2 rings (SSSR count). The number of hydrogen-bond donors (Lipinski definition) is 0. The number of alkyl halides is 4. The van der Waals surface area contributed by atoms with Crippen molar-refractivity contribution in [3.8, 4) is 11.5 Å². The number of halogens is 4. The summed E-state index contributed by atoms with van der Waals surface area (Å²) >= 11 is 0. The lowest BCUT2D eigenvalue weighted by atomic mass is 10.0. The van der Waals surface area contributed by atoms with Crippen molar-refractivity contribution in [3.63, 3.8) is 0 Å². The summed E-state index contributed by atoms with van der Waals surface area (Å²) in [6.45, 7) is -3.22. The average molecular weight is 370 g/mol. The Hall–Kier alpha value is -2.90. The lowest BCUT2D eigenvalue weighted by Gasteiger charge is -2.08. The molecule has 0 amide bonds. The third kappa shape index (κ3) is 5.58. The van der Waals surface area contributed by atoms with Gasteiger partial charge in [0, 0.05) is 17.5 Å². The molecule has 0 N–H and O–H groups in total. The van der Waals surface area contributed by atoms with E-state index in [1.807, 2.05) is 0 Å². The molecule has 0 aromatic heterocycles. The SMILES string of the molecule is O=C(C(=O)c1cccc(OCCC(F)F)c1)c1ccc(OC(F)F)cc1. The highest BCUT2D eigenvalue weighted by molar-refractivity contribution is 6.49. The summed E-state index contributed by atoms with van der Waals surface area (Å²) in [6.07, 6.45) is -2.96. The second kappa shape index (κ2) is 8.98. The minimum absolute atomic E-state index is 0.000591. The molecular weight excluding hydrogens is 356 g/mol. The fraction of sp³-hybridized carbons (Fsp3) is 0.222. The van der Waals surface area contributed by atoms with Crippen molar-refractivity contribution in [2.45, 2.75) is 19.5 Å². The van der Waals surface area contributed by atoms with Crippen LogP contribution in [0, 0.1) is 0 Å². The topological polar surface area (TPSA) is 52.6 Å². The number of ketones is 2. The van der Waals surface area contributed by atoms with E-state index in [-0.39, 0.29) is 29.2 Å². The zero-order valence-corrected chi connectivity index (χ0v) is 13.3. The molecule has 0 spiro atoms. The molecule has 2 aromatic rings. The molecule has 0 radical (unpaired) electrons. The van der Waals surface area contributed by atoms with Crippen LogP contribution in [0.4, 0.5) is 17.6 Å². The van der Waals surface area contributed by atoms with E-state index in [1.54, 1.807) is 0 Å². The zero-order valence-electron chi connectivity index (χ0n) is 13.3. The summed E-state index contributed by atoms with van der Waals surface area (Å²) in [4.78, 5) is 24.5. The molecule has 0 fully saturated rings. The first-order chi connectivity index (χ1) is 12.4. The van der Waals surface area contributed by atoms with Crippen molar-refractivity contribution < 1.29 is 36.6 Å². The van der Waals surface area contributed by atoms with E-state index in [1.165, 1.54) is 36.4 Å². The van der Waals surface area contributed by atoms with Crippen LogP contribution in [0.2, 0.25) is 0 Å². The average Bonchev–Trinajstić information content (AvgIpc) is 2.60. The fourth-order valence-corrected chi connectivity index (χ4v) is 2.04. The van der Waals surface area contributed by atoms with Crippen molar-refractivity contribution >= 4 is 11.6 Å².